The number of nitrogens with zero attached hydrogens (tertiary/aromatic N) is 1. The number of likely N-dealkylation sites (tertiary alicyclic amines) is 1. The van der Waals surface area contributed by atoms with E-state index in [1.807, 2.05) is 12.1 Å². The Morgan fingerprint density at radius 3 is 2.79 bits per heavy atom. The van der Waals surface area contributed by atoms with Crippen molar-refractivity contribution >= 4 is 5.78 Å². The maximum atomic E-state index is 13.4. The third kappa shape index (κ3) is 1.97. The summed E-state index contributed by atoms with van der Waals surface area (Å²) in [4.78, 5) is 15.9. The highest BCUT2D eigenvalue weighted by molar-refractivity contribution is 6.04. The second kappa shape index (κ2) is 5.32. The predicted molar refractivity (Wildman–Crippen MR) is 93.4 cm³/mol. The van der Waals surface area contributed by atoms with E-state index in [0.29, 0.717) is 17.5 Å². The molecule has 2 bridgehead atoms. The Balaban J connectivity index is 1.60. The lowest BCUT2D eigenvalue weighted by Crippen LogP contribution is -2.64. The Morgan fingerprint density at radius 2 is 2.00 bits per heavy atom. The number of benzene rings is 1. The van der Waals surface area contributed by atoms with E-state index in [2.05, 4.69) is 4.90 Å². The monoisotopic (exact) mass is 325 g/mol. The van der Waals surface area contributed by atoms with Crippen molar-refractivity contribution < 1.29 is 9.90 Å². The molecule has 2 saturated carbocycles. The number of piperidine rings is 1. The van der Waals surface area contributed by atoms with E-state index in [9.17, 15) is 9.90 Å². The van der Waals surface area contributed by atoms with Gasteiger partial charge in [-0.3, -0.25) is 9.69 Å². The molecule has 5 rings (SSSR count). The number of aromatic hydroxyl groups is 1. The molecule has 0 spiro atoms. The molecule has 0 amide bonds. The highest BCUT2D eigenvalue weighted by Crippen LogP contribution is 2.56. The first-order chi connectivity index (χ1) is 11.7. The van der Waals surface area contributed by atoms with Crippen molar-refractivity contribution in [1.29, 1.82) is 0 Å². The zero-order valence-electron chi connectivity index (χ0n) is 14.3. The maximum absolute atomic E-state index is 13.4. The van der Waals surface area contributed by atoms with Crippen molar-refractivity contribution in [2.75, 3.05) is 13.1 Å². The summed E-state index contributed by atoms with van der Waals surface area (Å²) < 4.78 is 0. The number of Topliss-reactive ketones (excluding diaryl/α,β-unsaturated/α-hetero) is 1. The van der Waals surface area contributed by atoms with Crippen LogP contribution in [0.5, 0.6) is 5.75 Å². The lowest BCUT2D eigenvalue weighted by Gasteiger charge is -2.58. The Bertz CT molecular complexity index is 680. The van der Waals surface area contributed by atoms with E-state index in [1.165, 1.54) is 44.9 Å². The van der Waals surface area contributed by atoms with Crippen molar-refractivity contribution in [3.63, 3.8) is 0 Å². The predicted octanol–water partition coefficient (Wildman–Crippen LogP) is 3.89. The van der Waals surface area contributed by atoms with Gasteiger partial charge in [-0.15, -0.1) is 0 Å². The second-order valence-corrected chi connectivity index (χ2v) is 8.59. The summed E-state index contributed by atoms with van der Waals surface area (Å²) in [6.07, 6.45) is 10.1. The molecule has 1 aromatic rings. The van der Waals surface area contributed by atoms with Gasteiger partial charge in [0.05, 0.1) is 6.04 Å². The molecule has 3 atom stereocenters. The Kier molecular flexibility index (Phi) is 3.31. The van der Waals surface area contributed by atoms with Gasteiger partial charge < -0.3 is 5.11 Å². The summed E-state index contributed by atoms with van der Waals surface area (Å²) >= 11 is 0. The summed E-state index contributed by atoms with van der Waals surface area (Å²) in [5.41, 5.74) is 2.20. The van der Waals surface area contributed by atoms with Crippen molar-refractivity contribution in [3.05, 3.63) is 29.3 Å². The molecule has 0 unspecified atom stereocenters. The minimum Gasteiger partial charge on any atom is -0.508 e. The zero-order chi connectivity index (χ0) is 16.3. The Hall–Kier alpha value is -1.35. The van der Waals surface area contributed by atoms with Crippen LogP contribution in [-0.2, 0) is 5.41 Å². The van der Waals surface area contributed by atoms with E-state index >= 15 is 0 Å². The van der Waals surface area contributed by atoms with Gasteiger partial charge in [0.15, 0.2) is 5.78 Å². The van der Waals surface area contributed by atoms with Crippen LogP contribution in [-0.4, -0.2) is 34.9 Å². The highest BCUT2D eigenvalue weighted by Gasteiger charge is 2.57. The quantitative estimate of drug-likeness (QED) is 0.897. The third-order valence-corrected chi connectivity index (χ3v) is 7.51. The molecule has 24 heavy (non-hydrogen) atoms. The minimum absolute atomic E-state index is 0.0942. The van der Waals surface area contributed by atoms with Gasteiger partial charge in [0.1, 0.15) is 5.75 Å². The van der Waals surface area contributed by atoms with Crippen LogP contribution in [0.4, 0.5) is 0 Å². The van der Waals surface area contributed by atoms with Gasteiger partial charge in [-0.1, -0.05) is 19.3 Å². The number of phenols is 1. The number of carbonyl (C=O) groups excluding carboxylic acids is 1. The molecule has 128 valence electrons. The van der Waals surface area contributed by atoms with Crippen LogP contribution in [0.15, 0.2) is 18.2 Å². The molecule has 1 saturated heterocycles. The van der Waals surface area contributed by atoms with Crippen LogP contribution < -0.4 is 0 Å². The van der Waals surface area contributed by atoms with Crippen LogP contribution in [0, 0.1) is 11.8 Å². The summed E-state index contributed by atoms with van der Waals surface area (Å²) in [5.74, 6) is 1.92. The van der Waals surface area contributed by atoms with Crippen molar-refractivity contribution in [1.82, 2.24) is 4.90 Å². The molecule has 3 nitrogen and oxygen atoms in total. The van der Waals surface area contributed by atoms with Gasteiger partial charge >= 0.3 is 0 Å². The zero-order valence-corrected chi connectivity index (χ0v) is 14.3. The summed E-state index contributed by atoms with van der Waals surface area (Å²) in [5, 5.41) is 10.0. The first-order valence-electron chi connectivity index (χ1n) is 9.81. The number of fused-ring (bicyclic) bond motifs is 1. The summed E-state index contributed by atoms with van der Waals surface area (Å²) in [6, 6.07) is 5.59. The molecule has 0 radical (unpaired) electrons. The standard InChI is InChI=1S/C21H27NO2/c23-15-7-8-16-18(12-15)21-9-2-1-6-17(21)19(20(16)24)22(11-10-21)13-14-4-3-5-14/h7-8,12,14,17,19,23H,1-6,9-11,13H2/t17-,19+,21+/m0/s1. The van der Waals surface area contributed by atoms with E-state index in [4.69, 9.17) is 0 Å². The first kappa shape index (κ1) is 14.9. The molecule has 3 heteroatoms. The van der Waals surface area contributed by atoms with E-state index in [1.54, 1.807) is 6.07 Å². The molecular formula is C21H27NO2. The smallest absolute Gasteiger partial charge is 0.180 e. The lowest BCUT2D eigenvalue weighted by molar-refractivity contribution is -0.0135. The Labute approximate surface area is 144 Å². The number of phenolic OH excluding ortho intramolecular Hbond substituents is 1. The minimum atomic E-state index is 0.0942. The fourth-order valence-electron chi connectivity index (χ4n) is 6.12. The molecule has 3 fully saturated rings. The van der Waals surface area contributed by atoms with E-state index < -0.39 is 0 Å². The maximum Gasteiger partial charge on any atom is 0.180 e. The van der Waals surface area contributed by atoms with Crippen LogP contribution >= 0.6 is 0 Å². The average molecular weight is 325 g/mol. The van der Waals surface area contributed by atoms with E-state index in [0.717, 1.165) is 36.6 Å². The normalized spacial score (nSPS) is 35.9. The van der Waals surface area contributed by atoms with Gasteiger partial charge in [-0.05, 0) is 74.2 Å². The van der Waals surface area contributed by atoms with Gasteiger partial charge in [0.2, 0.25) is 0 Å². The second-order valence-electron chi connectivity index (χ2n) is 8.59. The molecule has 1 aromatic carbocycles. The SMILES string of the molecule is O=C1c2ccc(O)cc2[C@@]23CCCC[C@H]2[C@H]1N(CC1CCC1)CC3. The highest BCUT2D eigenvalue weighted by atomic mass is 16.3. The van der Waals surface area contributed by atoms with Crippen molar-refractivity contribution in [2.24, 2.45) is 11.8 Å². The number of rotatable bonds is 2. The van der Waals surface area contributed by atoms with Crippen LogP contribution in [0.3, 0.4) is 0 Å². The fraction of sp³-hybridized carbons (Fsp3) is 0.667. The van der Waals surface area contributed by atoms with Crippen LogP contribution in [0.2, 0.25) is 0 Å². The van der Waals surface area contributed by atoms with Crippen molar-refractivity contribution in [2.45, 2.75) is 62.8 Å². The Morgan fingerprint density at radius 1 is 1.12 bits per heavy atom. The molecule has 0 aromatic heterocycles. The molecule has 3 aliphatic carbocycles. The lowest BCUT2D eigenvalue weighted by atomic mass is 9.52. The van der Waals surface area contributed by atoms with E-state index in [-0.39, 0.29) is 11.5 Å². The molecule has 1 N–H and O–H groups in total. The van der Waals surface area contributed by atoms with Crippen LogP contribution in [0.25, 0.3) is 0 Å². The molecule has 4 aliphatic rings. The molecular weight excluding hydrogens is 298 g/mol. The summed E-state index contributed by atoms with van der Waals surface area (Å²) in [6.45, 7) is 2.18. The molecule has 1 heterocycles. The third-order valence-electron chi connectivity index (χ3n) is 7.51. The first-order valence-corrected chi connectivity index (χ1v) is 9.81. The average Bonchev–Trinajstić information content (AvgIpc) is 2.56. The van der Waals surface area contributed by atoms with Crippen LogP contribution in [0.1, 0.15) is 67.3 Å². The van der Waals surface area contributed by atoms with Gasteiger partial charge in [-0.2, -0.15) is 0 Å². The topological polar surface area (TPSA) is 40.5 Å². The molecule has 1 aliphatic heterocycles. The number of hydrogen-bond acceptors (Lipinski definition) is 3. The fourth-order valence-corrected chi connectivity index (χ4v) is 6.12. The summed E-state index contributed by atoms with van der Waals surface area (Å²) in [7, 11) is 0. The number of ketones is 1. The largest absolute Gasteiger partial charge is 0.508 e. The number of carbonyl (C=O) groups is 1. The number of hydrogen-bond donors (Lipinski definition) is 1. The van der Waals surface area contributed by atoms with Gasteiger partial charge in [0.25, 0.3) is 0 Å². The van der Waals surface area contributed by atoms with Gasteiger partial charge in [0, 0.05) is 17.5 Å². The van der Waals surface area contributed by atoms with Crippen molar-refractivity contribution in [3.8, 4) is 5.75 Å². The van der Waals surface area contributed by atoms with Gasteiger partial charge in [-0.25, -0.2) is 0 Å².